The molecular weight excluding hydrogens is 248 g/mol. The summed E-state index contributed by atoms with van der Waals surface area (Å²) >= 11 is 0. The predicted octanol–water partition coefficient (Wildman–Crippen LogP) is 3.94. The van der Waals surface area contributed by atoms with E-state index < -0.39 is 0 Å². The van der Waals surface area contributed by atoms with Crippen molar-refractivity contribution >= 4 is 0 Å². The molecule has 0 amide bonds. The summed E-state index contributed by atoms with van der Waals surface area (Å²) in [5.41, 5.74) is 2.47. The molecule has 0 atom stereocenters. The fourth-order valence-electron chi connectivity index (χ4n) is 2.05. The Labute approximate surface area is 121 Å². The molecule has 0 saturated heterocycles. The fraction of sp³-hybridized carbons (Fsp3) is 0.353. The van der Waals surface area contributed by atoms with Crippen molar-refractivity contribution in [3.05, 3.63) is 53.9 Å². The second kappa shape index (κ2) is 7.65. The van der Waals surface area contributed by atoms with Gasteiger partial charge in [0, 0.05) is 18.3 Å². The molecule has 0 aliphatic carbocycles. The molecule has 106 valence electrons. The number of rotatable bonds is 7. The van der Waals surface area contributed by atoms with Gasteiger partial charge in [-0.2, -0.15) is 0 Å². The van der Waals surface area contributed by atoms with E-state index in [4.69, 9.17) is 4.74 Å². The van der Waals surface area contributed by atoms with Gasteiger partial charge in [-0.3, -0.25) is 4.98 Å². The zero-order valence-corrected chi connectivity index (χ0v) is 12.2. The zero-order chi connectivity index (χ0) is 14.2. The van der Waals surface area contributed by atoms with Crippen molar-refractivity contribution in [3.8, 4) is 11.5 Å². The van der Waals surface area contributed by atoms with Gasteiger partial charge in [0.05, 0.1) is 6.20 Å². The molecule has 0 spiro atoms. The molecule has 0 bridgehead atoms. The monoisotopic (exact) mass is 270 g/mol. The lowest BCUT2D eigenvalue weighted by molar-refractivity contribution is 0.470. The van der Waals surface area contributed by atoms with Crippen LogP contribution in [0.4, 0.5) is 0 Å². The van der Waals surface area contributed by atoms with Gasteiger partial charge in [-0.15, -0.1) is 0 Å². The molecule has 0 aliphatic heterocycles. The van der Waals surface area contributed by atoms with E-state index in [9.17, 15) is 0 Å². The van der Waals surface area contributed by atoms with Crippen LogP contribution in [0.2, 0.25) is 0 Å². The molecule has 0 aliphatic rings. The highest BCUT2D eigenvalue weighted by Gasteiger charge is 2.04. The summed E-state index contributed by atoms with van der Waals surface area (Å²) in [5, 5.41) is 3.31. The average molecular weight is 270 g/mol. The van der Waals surface area contributed by atoms with E-state index >= 15 is 0 Å². The Morgan fingerprint density at radius 3 is 2.60 bits per heavy atom. The van der Waals surface area contributed by atoms with Crippen LogP contribution in [0.1, 0.15) is 31.4 Å². The standard InChI is InChI=1S/C17H22N2O/c1-3-5-14-6-8-16(9-7-14)20-17-13-19-11-10-15(17)12-18-4-2/h6-11,13,18H,3-5,12H2,1-2H3. The van der Waals surface area contributed by atoms with Gasteiger partial charge in [-0.1, -0.05) is 32.4 Å². The van der Waals surface area contributed by atoms with Gasteiger partial charge in [0.1, 0.15) is 11.5 Å². The number of benzene rings is 1. The number of aromatic nitrogens is 1. The van der Waals surface area contributed by atoms with E-state index in [1.54, 1.807) is 12.4 Å². The topological polar surface area (TPSA) is 34.1 Å². The first-order valence-corrected chi connectivity index (χ1v) is 7.24. The molecule has 0 unspecified atom stereocenters. The van der Waals surface area contributed by atoms with Crippen molar-refractivity contribution in [2.75, 3.05) is 6.54 Å². The van der Waals surface area contributed by atoms with E-state index in [1.165, 1.54) is 5.56 Å². The number of hydrogen-bond acceptors (Lipinski definition) is 3. The Hall–Kier alpha value is -1.87. The van der Waals surface area contributed by atoms with Crippen LogP contribution in [0.25, 0.3) is 0 Å². The first-order valence-electron chi connectivity index (χ1n) is 7.24. The Morgan fingerprint density at radius 1 is 1.10 bits per heavy atom. The second-order valence-corrected chi connectivity index (χ2v) is 4.76. The van der Waals surface area contributed by atoms with Crippen LogP contribution in [0.5, 0.6) is 11.5 Å². The predicted molar refractivity (Wildman–Crippen MR) is 82.1 cm³/mol. The minimum absolute atomic E-state index is 0.794. The van der Waals surface area contributed by atoms with Gasteiger partial charge < -0.3 is 10.1 Å². The van der Waals surface area contributed by atoms with E-state index in [0.717, 1.165) is 43.0 Å². The van der Waals surface area contributed by atoms with E-state index in [-0.39, 0.29) is 0 Å². The highest BCUT2D eigenvalue weighted by molar-refractivity contribution is 5.36. The molecule has 3 heteroatoms. The molecule has 0 radical (unpaired) electrons. The number of nitrogens with zero attached hydrogens (tertiary/aromatic N) is 1. The van der Waals surface area contributed by atoms with Crippen LogP contribution < -0.4 is 10.1 Å². The largest absolute Gasteiger partial charge is 0.455 e. The van der Waals surface area contributed by atoms with Gasteiger partial charge >= 0.3 is 0 Å². The summed E-state index contributed by atoms with van der Waals surface area (Å²) in [7, 11) is 0. The Kier molecular flexibility index (Phi) is 5.56. The van der Waals surface area contributed by atoms with Gasteiger partial charge in [-0.25, -0.2) is 0 Å². The zero-order valence-electron chi connectivity index (χ0n) is 12.2. The maximum absolute atomic E-state index is 5.94. The number of aryl methyl sites for hydroxylation is 1. The molecule has 1 heterocycles. The molecule has 1 aromatic heterocycles. The molecular formula is C17H22N2O. The lowest BCUT2D eigenvalue weighted by Crippen LogP contribution is -2.12. The van der Waals surface area contributed by atoms with Gasteiger partial charge in [-0.05, 0) is 36.7 Å². The fourth-order valence-corrected chi connectivity index (χ4v) is 2.05. The van der Waals surface area contributed by atoms with Gasteiger partial charge in [0.2, 0.25) is 0 Å². The first kappa shape index (κ1) is 14.5. The van der Waals surface area contributed by atoms with Crippen molar-refractivity contribution in [2.24, 2.45) is 0 Å². The SMILES string of the molecule is CCCc1ccc(Oc2cnccc2CNCC)cc1. The summed E-state index contributed by atoms with van der Waals surface area (Å²) in [5.74, 6) is 1.67. The van der Waals surface area contributed by atoms with Crippen LogP contribution >= 0.6 is 0 Å². The van der Waals surface area contributed by atoms with Crippen molar-refractivity contribution in [2.45, 2.75) is 33.2 Å². The quantitative estimate of drug-likeness (QED) is 0.827. The Balaban J connectivity index is 2.08. The number of hydrogen-bond donors (Lipinski definition) is 1. The third kappa shape index (κ3) is 4.07. The number of pyridine rings is 1. The highest BCUT2D eigenvalue weighted by Crippen LogP contribution is 2.24. The Bertz CT molecular complexity index is 523. The van der Waals surface area contributed by atoms with Gasteiger partial charge in [0.25, 0.3) is 0 Å². The van der Waals surface area contributed by atoms with Crippen molar-refractivity contribution in [1.82, 2.24) is 10.3 Å². The molecule has 1 aromatic carbocycles. The maximum Gasteiger partial charge on any atom is 0.150 e. The summed E-state index contributed by atoms with van der Waals surface area (Å²) in [6, 6.07) is 10.3. The van der Waals surface area contributed by atoms with Crippen LogP contribution in [-0.2, 0) is 13.0 Å². The molecule has 3 nitrogen and oxygen atoms in total. The summed E-state index contributed by atoms with van der Waals surface area (Å²) < 4.78 is 5.94. The number of ether oxygens (including phenoxy) is 1. The van der Waals surface area contributed by atoms with E-state index in [0.29, 0.717) is 0 Å². The maximum atomic E-state index is 5.94. The van der Waals surface area contributed by atoms with Crippen LogP contribution in [-0.4, -0.2) is 11.5 Å². The summed E-state index contributed by atoms with van der Waals surface area (Å²) in [4.78, 5) is 4.14. The molecule has 0 saturated carbocycles. The smallest absolute Gasteiger partial charge is 0.150 e. The first-order chi connectivity index (χ1) is 9.83. The van der Waals surface area contributed by atoms with Crippen molar-refractivity contribution in [3.63, 3.8) is 0 Å². The average Bonchev–Trinajstić information content (AvgIpc) is 2.49. The molecule has 1 N–H and O–H groups in total. The minimum atomic E-state index is 0.794. The Morgan fingerprint density at radius 2 is 1.90 bits per heavy atom. The molecule has 2 aromatic rings. The van der Waals surface area contributed by atoms with Crippen LogP contribution in [0, 0.1) is 0 Å². The number of nitrogens with one attached hydrogen (secondary N) is 1. The van der Waals surface area contributed by atoms with E-state index in [2.05, 4.69) is 36.3 Å². The van der Waals surface area contributed by atoms with Crippen molar-refractivity contribution in [1.29, 1.82) is 0 Å². The van der Waals surface area contributed by atoms with Gasteiger partial charge in [0.15, 0.2) is 0 Å². The van der Waals surface area contributed by atoms with E-state index in [1.807, 2.05) is 18.2 Å². The third-order valence-corrected chi connectivity index (χ3v) is 3.13. The lowest BCUT2D eigenvalue weighted by Gasteiger charge is -2.11. The van der Waals surface area contributed by atoms with Crippen LogP contribution in [0.3, 0.4) is 0 Å². The second-order valence-electron chi connectivity index (χ2n) is 4.76. The normalized spacial score (nSPS) is 10.5. The molecule has 0 fully saturated rings. The molecule has 20 heavy (non-hydrogen) atoms. The third-order valence-electron chi connectivity index (χ3n) is 3.13. The highest BCUT2D eigenvalue weighted by atomic mass is 16.5. The summed E-state index contributed by atoms with van der Waals surface area (Å²) in [6.45, 7) is 6.01. The van der Waals surface area contributed by atoms with Crippen LogP contribution in [0.15, 0.2) is 42.7 Å². The summed E-state index contributed by atoms with van der Waals surface area (Å²) in [6.07, 6.45) is 5.84. The van der Waals surface area contributed by atoms with Crippen molar-refractivity contribution < 1.29 is 4.74 Å². The minimum Gasteiger partial charge on any atom is -0.455 e. The molecule has 2 rings (SSSR count). The lowest BCUT2D eigenvalue weighted by atomic mass is 10.1.